The molecule has 9 nitrogen and oxygen atoms in total. The van der Waals surface area contributed by atoms with E-state index >= 15 is 0 Å². The second-order valence-corrected chi connectivity index (χ2v) is 9.78. The quantitative estimate of drug-likeness (QED) is 0.374. The van der Waals surface area contributed by atoms with Crippen molar-refractivity contribution < 1.29 is 19.4 Å². The number of likely N-dealkylation sites (tertiary alicyclic amines) is 1. The number of amides is 2. The Labute approximate surface area is 219 Å². The number of fused-ring (bicyclic) bond motifs is 1. The summed E-state index contributed by atoms with van der Waals surface area (Å²) in [5.41, 5.74) is 1.38. The normalized spacial score (nSPS) is 16.2. The number of aromatic nitrogens is 1. The SMILES string of the molecule is N#Cc1cc2c(Oc3ccc(NC(=O)NC4CC4)c(Cl)c3)ccnc2cc1OC[C@@H](O)CN1CCCC1. The zero-order chi connectivity index (χ0) is 25.8. The highest BCUT2D eigenvalue weighted by molar-refractivity contribution is 6.33. The Kier molecular flexibility index (Phi) is 7.60. The van der Waals surface area contributed by atoms with Crippen LogP contribution in [-0.2, 0) is 0 Å². The average molecular weight is 522 g/mol. The summed E-state index contributed by atoms with van der Waals surface area (Å²) < 4.78 is 11.9. The molecular formula is C27H28ClN5O4. The minimum atomic E-state index is -0.648. The molecule has 1 saturated carbocycles. The first-order valence-corrected chi connectivity index (χ1v) is 12.8. The fourth-order valence-electron chi connectivity index (χ4n) is 4.31. The first kappa shape index (κ1) is 25.1. The van der Waals surface area contributed by atoms with Gasteiger partial charge in [-0.05, 0) is 63.0 Å². The number of carbonyl (C=O) groups excluding carboxylic acids is 1. The molecule has 2 amide bonds. The van der Waals surface area contributed by atoms with Crippen molar-refractivity contribution in [1.82, 2.24) is 15.2 Å². The number of nitrogens with one attached hydrogen (secondary N) is 2. The van der Waals surface area contributed by atoms with Gasteiger partial charge in [0.15, 0.2) is 0 Å². The maximum Gasteiger partial charge on any atom is 0.319 e. The summed E-state index contributed by atoms with van der Waals surface area (Å²) in [7, 11) is 0. The molecule has 1 atom stereocenters. The summed E-state index contributed by atoms with van der Waals surface area (Å²) in [6, 6.07) is 12.2. The van der Waals surface area contributed by atoms with Gasteiger partial charge >= 0.3 is 6.03 Å². The third-order valence-electron chi connectivity index (χ3n) is 6.35. The smallest absolute Gasteiger partial charge is 0.319 e. The summed E-state index contributed by atoms with van der Waals surface area (Å²) in [6.07, 6.45) is 5.25. The molecule has 37 heavy (non-hydrogen) atoms. The van der Waals surface area contributed by atoms with E-state index in [1.54, 1.807) is 42.6 Å². The Morgan fingerprint density at radius 1 is 1.22 bits per heavy atom. The van der Waals surface area contributed by atoms with E-state index in [1.165, 1.54) is 0 Å². The predicted octanol–water partition coefficient (Wildman–Crippen LogP) is 4.67. The molecule has 2 aromatic carbocycles. The molecule has 2 heterocycles. The zero-order valence-corrected chi connectivity index (χ0v) is 21.0. The first-order chi connectivity index (χ1) is 18.0. The van der Waals surface area contributed by atoms with Crippen LogP contribution in [0.1, 0.15) is 31.2 Å². The van der Waals surface area contributed by atoms with Crippen molar-refractivity contribution in [2.45, 2.75) is 37.8 Å². The van der Waals surface area contributed by atoms with E-state index < -0.39 is 6.10 Å². The summed E-state index contributed by atoms with van der Waals surface area (Å²) in [5.74, 6) is 1.32. The number of carbonyl (C=O) groups is 1. The number of anilines is 1. The van der Waals surface area contributed by atoms with Gasteiger partial charge in [-0.1, -0.05) is 11.6 Å². The maximum atomic E-state index is 12.0. The molecule has 1 saturated heterocycles. The van der Waals surface area contributed by atoms with Gasteiger partial charge in [-0.15, -0.1) is 0 Å². The van der Waals surface area contributed by atoms with Crippen molar-refractivity contribution in [2.75, 3.05) is 31.6 Å². The summed E-state index contributed by atoms with van der Waals surface area (Å²) in [4.78, 5) is 18.6. The molecule has 0 radical (unpaired) electrons. The number of ether oxygens (including phenoxy) is 2. The van der Waals surface area contributed by atoms with Crippen LogP contribution in [-0.4, -0.2) is 59.4 Å². The van der Waals surface area contributed by atoms with Crippen LogP contribution >= 0.6 is 11.6 Å². The molecule has 3 N–H and O–H groups in total. The van der Waals surface area contributed by atoms with Crippen LogP contribution < -0.4 is 20.1 Å². The lowest BCUT2D eigenvalue weighted by molar-refractivity contribution is 0.0758. The summed E-state index contributed by atoms with van der Waals surface area (Å²) in [6.45, 7) is 2.62. The number of aliphatic hydroxyl groups is 1. The molecule has 2 fully saturated rings. The molecule has 1 aromatic heterocycles. The van der Waals surface area contributed by atoms with Crippen LogP contribution in [0.4, 0.5) is 10.5 Å². The fraction of sp³-hybridized carbons (Fsp3) is 0.370. The van der Waals surface area contributed by atoms with E-state index in [0.717, 1.165) is 38.8 Å². The van der Waals surface area contributed by atoms with Gasteiger partial charge in [0, 0.05) is 36.3 Å². The van der Waals surface area contributed by atoms with Crippen LogP contribution in [0.15, 0.2) is 42.6 Å². The summed E-state index contributed by atoms with van der Waals surface area (Å²) >= 11 is 6.37. The predicted molar refractivity (Wildman–Crippen MR) is 140 cm³/mol. The molecule has 0 unspecified atom stereocenters. The monoisotopic (exact) mass is 521 g/mol. The number of pyridine rings is 1. The van der Waals surface area contributed by atoms with Crippen LogP contribution in [0.3, 0.4) is 0 Å². The number of nitriles is 1. The Hall–Kier alpha value is -3.58. The van der Waals surface area contributed by atoms with Crippen molar-refractivity contribution >= 4 is 34.2 Å². The van der Waals surface area contributed by atoms with Crippen molar-refractivity contribution in [3.63, 3.8) is 0 Å². The highest BCUT2D eigenvalue weighted by Crippen LogP contribution is 2.35. The number of nitrogens with zero attached hydrogens (tertiary/aromatic N) is 3. The number of urea groups is 1. The minimum absolute atomic E-state index is 0.0877. The number of rotatable bonds is 9. The second-order valence-electron chi connectivity index (χ2n) is 9.38. The molecule has 0 bridgehead atoms. The van der Waals surface area contributed by atoms with Crippen LogP contribution in [0.25, 0.3) is 10.9 Å². The maximum absolute atomic E-state index is 12.0. The number of hydrogen-bond donors (Lipinski definition) is 3. The zero-order valence-electron chi connectivity index (χ0n) is 20.2. The molecule has 1 aliphatic carbocycles. The van der Waals surface area contributed by atoms with E-state index in [2.05, 4.69) is 26.6 Å². The highest BCUT2D eigenvalue weighted by atomic mass is 35.5. The van der Waals surface area contributed by atoms with Gasteiger partial charge in [0.1, 0.15) is 36.0 Å². The molecule has 3 aromatic rings. The Morgan fingerprint density at radius 2 is 2.03 bits per heavy atom. The van der Waals surface area contributed by atoms with Crippen LogP contribution in [0.2, 0.25) is 5.02 Å². The number of halogens is 1. The van der Waals surface area contributed by atoms with E-state index in [0.29, 0.717) is 51.0 Å². The van der Waals surface area contributed by atoms with Gasteiger partial charge in [-0.25, -0.2) is 4.79 Å². The molecule has 2 aliphatic rings. The third kappa shape index (κ3) is 6.41. The van der Waals surface area contributed by atoms with Crippen molar-refractivity contribution in [1.29, 1.82) is 5.26 Å². The Balaban J connectivity index is 1.29. The van der Waals surface area contributed by atoms with E-state index in [9.17, 15) is 15.2 Å². The molecule has 10 heteroatoms. The number of aliphatic hydroxyl groups excluding tert-OH is 1. The van der Waals surface area contributed by atoms with Gasteiger partial charge in [-0.2, -0.15) is 5.26 Å². The molecule has 1 aliphatic heterocycles. The van der Waals surface area contributed by atoms with Gasteiger partial charge < -0.3 is 30.1 Å². The number of benzene rings is 2. The summed E-state index contributed by atoms with van der Waals surface area (Å²) in [5, 5.41) is 26.7. The molecule has 192 valence electrons. The van der Waals surface area contributed by atoms with E-state index in [1.807, 2.05) is 0 Å². The average Bonchev–Trinajstić information content (AvgIpc) is 3.55. The standard InChI is InChI=1S/C27H28ClN5O4/c28-22-12-20(5-6-23(22)32-27(35)31-18-3-4-18)37-25-7-8-30-24-13-26(17(14-29)11-21(24)25)36-16-19(34)15-33-9-1-2-10-33/h5-8,11-13,18-19,34H,1-4,9-10,15-16H2,(H2,31,32,35)/t19-/m0/s1. The van der Waals surface area contributed by atoms with E-state index in [-0.39, 0.29) is 18.7 Å². The van der Waals surface area contributed by atoms with Gasteiger partial charge in [0.2, 0.25) is 0 Å². The molecular weight excluding hydrogens is 494 g/mol. The van der Waals surface area contributed by atoms with Gasteiger partial charge in [0.05, 0.1) is 21.8 Å². The Morgan fingerprint density at radius 3 is 2.76 bits per heavy atom. The lowest BCUT2D eigenvalue weighted by Gasteiger charge is -2.20. The number of hydrogen-bond acceptors (Lipinski definition) is 7. The topological polar surface area (TPSA) is 120 Å². The first-order valence-electron chi connectivity index (χ1n) is 12.4. The number of β-amino-alcohol motifs (C(OH)–C–C–N with tert-alkyl or cyclic N) is 1. The second kappa shape index (κ2) is 11.2. The molecule has 0 spiro atoms. The molecule has 5 rings (SSSR count). The lowest BCUT2D eigenvalue weighted by atomic mass is 10.1. The minimum Gasteiger partial charge on any atom is -0.489 e. The van der Waals surface area contributed by atoms with Crippen molar-refractivity contribution in [3.8, 4) is 23.3 Å². The highest BCUT2D eigenvalue weighted by Gasteiger charge is 2.23. The Bertz CT molecular complexity index is 1330. The van der Waals surface area contributed by atoms with E-state index in [4.69, 9.17) is 21.1 Å². The van der Waals surface area contributed by atoms with Crippen molar-refractivity contribution in [2.24, 2.45) is 0 Å². The van der Waals surface area contributed by atoms with Crippen molar-refractivity contribution in [3.05, 3.63) is 53.2 Å². The van der Waals surface area contributed by atoms with Crippen LogP contribution in [0, 0.1) is 11.3 Å². The third-order valence-corrected chi connectivity index (χ3v) is 6.66. The van der Waals surface area contributed by atoms with Crippen LogP contribution in [0.5, 0.6) is 17.2 Å². The lowest BCUT2D eigenvalue weighted by Crippen LogP contribution is -2.33. The van der Waals surface area contributed by atoms with Gasteiger partial charge in [0.25, 0.3) is 0 Å². The van der Waals surface area contributed by atoms with Gasteiger partial charge in [-0.3, -0.25) is 4.98 Å². The largest absolute Gasteiger partial charge is 0.489 e. The fourth-order valence-corrected chi connectivity index (χ4v) is 4.52.